The number of hydrogen-bond donors (Lipinski definition) is 1. The van der Waals surface area contributed by atoms with Crippen LogP contribution in [-0.4, -0.2) is 22.1 Å². The molecule has 0 bridgehead atoms. The van der Waals surface area contributed by atoms with Crippen LogP contribution in [0.3, 0.4) is 0 Å². The van der Waals surface area contributed by atoms with Gasteiger partial charge in [-0.1, -0.05) is 12.1 Å². The van der Waals surface area contributed by atoms with Crippen LogP contribution in [0.2, 0.25) is 0 Å². The second-order valence-electron chi connectivity index (χ2n) is 5.74. The Morgan fingerprint density at radius 1 is 0.962 bits per heavy atom. The van der Waals surface area contributed by atoms with E-state index in [0.29, 0.717) is 5.82 Å². The van der Waals surface area contributed by atoms with Gasteiger partial charge in [0, 0.05) is 22.7 Å². The predicted octanol–water partition coefficient (Wildman–Crippen LogP) is 4.09. The average molecular weight is 346 g/mol. The summed E-state index contributed by atoms with van der Waals surface area (Å²) in [7, 11) is 1.44. The van der Waals surface area contributed by atoms with Crippen LogP contribution >= 0.6 is 0 Å². The smallest absolute Gasteiger partial charge is 0.165 e. The van der Waals surface area contributed by atoms with Crippen molar-refractivity contribution < 1.29 is 9.13 Å². The number of methoxy groups -OCH3 is 1. The van der Waals surface area contributed by atoms with Gasteiger partial charge in [-0.25, -0.2) is 14.4 Å². The van der Waals surface area contributed by atoms with Crippen molar-refractivity contribution in [3.8, 4) is 28.1 Å². The lowest BCUT2D eigenvalue weighted by Crippen LogP contribution is -1.95. The lowest BCUT2D eigenvalue weighted by Gasteiger charge is -2.11. The molecule has 0 saturated heterocycles. The largest absolute Gasteiger partial charge is 0.494 e. The number of nitrogens with zero attached hydrogens (tertiary/aromatic N) is 3. The van der Waals surface area contributed by atoms with E-state index in [4.69, 9.17) is 10.5 Å². The number of aromatic nitrogens is 3. The van der Waals surface area contributed by atoms with Gasteiger partial charge in [0.25, 0.3) is 0 Å². The van der Waals surface area contributed by atoms with Crippen molar-refractivity contribution in [1.82, 2.24) is 15.0 Å². The van der Waals surface area contributed by atoms with Crippen molar-refractivity contribution in [2.24, 2.45) is 0 Å². The maximum Gasteiger partial charge on any atom is 0.165 e. The van der Waals surface area contributed by atoms with Gasteiger partial charge in [-0.3, -0.25) is 4.98 Å². The maximum absolute atomic E-state index is 13.8. The summed E-state index contributed by atoms with van der Waals surface area (Å²) in [4.78, 5) is 12.8. The van der Waals surface area contributed by atoms with Gasteiger partial charge in [0.1, 0.15) is 12.1 Å². The minimum Gasteiger partial charge on any atom is -0.494 e. The van der Waals surface area contributed by atoms with E-state index < -0.39 is 5.82 Å². The first-order chi connectivity index (χ1) is 12.7. The van der Waals surface area contributed by atoms with Crippen LogP contribution in [0.15, 0.2) is 61.1 Å². The number of pyridine rings is 1. The molecule has 128 valence electrons. The highest BCUT2D eigenvalue weighted by molar-refractivity contribution is 5.93. The standard InChI is InChI=1S/C20H15FN4O/c1-26-18-10-13(4-6-16(18)21)19-14(3-2-8-23-19)12-5-7-17-15(9-12)20(22)25-11-24-17/h2-11H,1H3,(H2,22,24,25). The highest BCUT2D eigenvalue weighted by Crippen LogP contribution is 2.34. The number of halogens is 1. The number of rotatable bonds is 3. The predicted molar refractivity (Wildman–Crippen MR) is 99.1 cm³/mol. The summed E-state index contributed by atoms with van der Waals surface area (Å²) in [5.74, 6) is 0.186. The molecule has 2 aromatic carbocycles. The average Bonchev–Trinajstić information content (AvgIpc) is 2.68. The van der Waals surface area contributed by atoms with Gasteiger partial charge in [0.15, 0.2) is 11.6 Å². The van der Waals surface area contributed by atoms with Crippen LogP contribution in [0, 0.1) is 5.82 Å². The lowest BCUT2D eigenvalue weighted by atomic mass is 9.98. The summed E-state index contributed by atoms with van der Waals surface area (Å²) in [5, 5.41) is 0.775. The molecule has 0 unspecified atom stereocenters. The zero-order valence-corrected chi connectivity index (χ0v) is 14.0. The second kappa shape index (κ2) is 6.40. The molecule has 2 heterocycles. The SMILES string of the molecule is COc1cc(-c2ncccc2-c2ccc3ncnc(N)c3c2)ccc1F. The Bertz CT molecular complexity index is 1110. The molecule has 0 atom stereocenters. The van der Waals surface area contributed by atoms with E-state index in [0.717, 1.165) is 33.3 Å². The number of fused-ring (bicyclic) bond motifs is 1. The normalized spacial score (nSPS) is 10.8. The Hall–Kier alpha value is -3.54. The summed E-state index contributed by atoms with van der Waals surface area (Å²) in [6.45, 7) is 0. The fraction of sp³-hybridized carbons (Fsp3) is 0.0500. The first kappa shape index (κ1) is 16.0. The molecule has 5 nitrogen and oxygen atoms in total. The topological polar surface area (TPSA) is 73.9 Å². The molecule has 6 heteroatoms. The van der Waals surface area contributed by atoms with E-state index in [-0.39, 0.29) is 5.75 Å². The first-order valence-corrected chi connectivity index (χ1v) is 7.97. The fourth-order valence-corrected chi connectivity index (χ4v) is 2.92. The third kappa shape index (κ3) is 2.71. The van der Waals surface area contributed by atoms with Gasteiger partial charge in [-0.2, -0.15) is 0 Å². The number of ether oxygens (including phenoxy) is 1. The molecule has 0 fully saturated rings. The monoisotopic (exact) mass is 346 g/mol. The first-order valence-electron chi connectivity index (χ1n) is 7.97. The van der Waals surface area contributed by atoms with Crippen molar-refractivity contribution in [3.63, 3.8) is 0 Å². The number of nitrogen functional groups attached to an aromatic ring is 1. The molecule has 0 aliphatic heterocycles. The number of nitrogens with two attached hydrogens (primary N) is 1. The second-order valence-corrected chi connectivity index (χ2v) is 5.74. The molecular formula is C20H15FN4O. The number of benzene rings is 2. The zero-order valence-electron chi connectivity index (χ0n) is 14.0. The van der Waals surface area contributed by atoms with Crippen LogP contribution in [0.25, 0.3) is 33.3 Å². The summed E-state index contributed by atoms with van der Waals surface area (Å²) >= 11 is 0. The van der Waals surface area contributed by atoms with Crippen molar-refractivity contribution in [2.45, 2.75) is 0 Å². The molecule has 0 aliphatic carbocycles. The molecule has 0 saturated carbocycles. The maximum atomic E-state index is 13.8. The molecule has 0 spiro atoms. The third-order valence-corrected chi connectivity index (χ3v) is 4.21. The Labute approximate surface area is 149 Å². The van der Waals surface area contributed by atoms with Crippen LogP contribution in [0.1, 0.15) is 0 Å². The van der Waals surface area contributed by atoms with E-state index in [1.165, 1.54) is 19.5 Å². The van der Waals surface area contributed by atoms with Crippen LogP contribution in [0.5, 0.6) is 5.75 Å². The van der Waals surface area contributed by atoms with Crippen LogP contribution in [0.4, 0.5) is 10.2 Å². The number of hydrogen-bond acceptors (Lipinski definition) is 5. The van der Waals surface area contributed by atoms with Gasteiger partial charge in [0.2, 0.25) is 0 Å². The van der Waals surface area contributed by atoms with Gasteiger partial charge in [-0.15, -0.1) is 0 Å². The quantitative estimate of drug-likeness (QED) is 0.605. The Balaban J connectivity index is 1.90. The third-order valence-electron chi connectivity index (χ3n) is 4.21. The Kier molecular flexibility index (Phi) is 3.93. The lowest BCUT2D eigenvalue weighted by molar-refractivity contribution is 0.387. The molecular weight excluding hydrogens is 331 g/mol. The minimum atomic E-state index is -0.413. The van der Waals surface area contributed by atoms with Crippen LogP contribution in [-0.2, 0) is 0 Å². The molecule has 0 radical (unpaired) electrons. The summed E-state index contributed by atoms with van der Waals surface area (Å²) in [6, 6.07) is 14.3. The van der Waals surface area contributed by atoms with E-state index >= 15 is 0 Å². The van der Waals surface area contributed by atoms with Gasteiger partial charge < -0.3 is 10.5 Å². The summed E-state index contributed by atoms with van der Waals surface area (Å²) in [5.41, 5.74) is 10.1. The van der Waals surface area contributed by atoms with E-state index in [1.54, 1.807) is 18.3 Å². The van der Waals surface area contributed by atoms with E-state index in [9.17, 15) is 4.39 Å². The zero-order chi connectivity index (χ0) is 18.1. The molecule has 0 aliphatic rings. The van der Waals surface area contributed by atoms with Crippen molar-refractivity contribution in [1.29, 1.82) is 0 Å². The summed E-state index contributed by atoms with van der Waals surface area (Å²) in [6.07, 6.45) is 3.14. The molecule has 4 aromatic rings. The van der Waals surface area contributed by atoms with E-state index in [2.05, 4.69) is 15.0 Å². The van der Waals surface area contributed by atoms with Gasteiger partial charge in [0.05, 0.1) is 18.3 Å². The fourth-order valence-electron chi connectivity index (χ4n) is 2.92. The highest BCUT2D eigenvalue weighted by atomic mass is 19.1. The Morgan fingerprint density at radius 2 is 1.81 bits per heavy atom. The van der Waals surface area contributed by atoms with Crippen molar-refractivity contribution >= 4 is 16.7 Å². The van der Waals surface area contributed by atoms with Gasteiger partial charge in [-0.05, 0) is 42.0 Å². The van der Waals surface area contributed by atoms with Crippen molar-refractivity contribution in [2.75, 3.05) is 12.8 Å². The molecule has 2 N–H and O–H groups in total. The summed E-state index contributed by atoms with van der Waals surface area (Å²) < 4.78 is 18.8. The number of anilines is 1. The van der Waals surface area contributed by atoms with Gasteiger partial charge >= 0.3 is 0 Å². The minimum absolute atomic E-state index is 0.176. The molecule has 26 heavy (non-hydrogen) atoms. The van der Waals surface area contributed by atoms with Crippen molar-refractivity contribution in [3.05, 3.63) is 66.9 Å². The molecule has 2 aromatic heterocycles. The molecule has 4 rings (SSSR count). The molecule has 0 amide bonds. The van der Waals surface area contributed by atoms with Crippen LogP contribution < -0.4 is 10.5 Å². The Morgan fingerprint density at radius 3 is 2.65 bits per heavy atom. The van der Waals surface area contributed by atoms with E-state index in [1.807, 2.05) is 30.3 Å². The highest BCUT2D eigenvalue weighted by Gasteiger charge is 2.13.